The Kier molecular flexibility index (Phi) is 6.12. The van der Waals surface area contributed by atoms with Crippen LogP contribution in [0.5, 0.6) is 0 Å². The summed E-state index contributed by atoms with van der Waals surface area (Å²) in [6.45, 7) is 10.2. The van der Waals surface area contributed by atoms with Crippen LogP contribution >= 0.6 is 0 Å². The van der Waals surface area contributed by atoms with Crippen molar-refractivity contribution in [2.75, 3.05) is 5.32 Å². The van der Waals surface area contributed by atoms with Crippen molar-refractivity contribution in [2.45, 2.75) is 51.3 Å². The quantitative estimate of drug-likeness (QED) is 0.580. The van der Waals surface area contributed by atoms with Gasteiger partial charge in [0.25, 0.3) is 10.0 Å². The average molecular weight is 426 g/mol. The number of carbonyl (C=O) groups excluding carboxylic acids is 1. The fourth-order valence-corrected chi connectivity index (χ4v) is 4.60. The van der Waals surface area contributed by atoms with Crippen molar-refractivity contribution in [1.82, 2.24) is 9.71 Å². The molecule has 0 saturated carbocycles. The molecule has 3 rings (SSSR count). The second-order valence-electron chi connectivity index (χ2n) is 8.02. The van der Waals surface area contributed by atoms with Gasteiger partial charge in [0, 0.05) is 17.3 Å². The topological polar surface area (TPSA) is 88.2 Å². The van der Waals surface area contributed by atoms with Crippen molar-refractivity contribution >= 4 is 32.6 Å². The molecule has 0 aliphatic heterocycles. The van der Waals surface area contributed by atoms with Gasteiger partial charge in [0.1, 0.15) is 4.90 Å². The third kappa shape index (κ3) is 4.46. The summed E-state index contributed by atoms with van der Waals surface area (Å²) >= 11 is 0. The van der Waals surface area contributed by atoms with E-state index in [0.717, 1.165) is 16.7 Å². The van der Waals surface area contributed by atoms with E-state index in [1.807, 2.05) is 46.8 Å². The molecular weight excluding hydrogens is 398 g/mol. The molecular formula is C23H27N3O3S. The second-order valence-corrected chi connectivity index (χ2v) is 9.67. The first-order valence-electron chi connectivity index (χ1n) is 9.92. The van der Waals surface area contributed by atoms with Crippen molar-refractivity contribution in [3.63, 3.8) is 0 Å². The maximum absolute atomic E-state index is 12.9. The lowest BCUT2D eigenvalue weighted by molar-refractivity contribution is 0.256. The Labute approximate surface area is 177 Å². The number of hydrogen-bond acceptors (Lipinski definition) is 4. The van der Waals surface area contributed by atoms with Gasteiger partial charge in [0.15, 0.2) is 0 Å². The molecule has 7 heteroatoms. The lowest BCUT2D eigenvalue weighted by atomic mass is 9.90. The summed E-state index contributed by atoms with van der Waals surface area (Å²) in [6, 6.07) is 11.6. The minimum absolute atomic E-state index is 0.0344. The number of pyridine rings is 1. The van der Waals surface area contributed by atoms with E-state index in [2.05, 4.69) is 15.0 Å². The third-order valence-corrected chi connectivity index (χ3v) is 6.30. The smallest absolute Gasteiger partial charge is 0.307 e. The van der Waals surface area contributed by atoms with Crippen LogP contribution in [0.2, 0.25) is 0 Å². The molecule has 0 aliphatic carbocycles. The fourth-order valence-electron chi connectivity index (χ4n) is 3.51. The Bertz CT molecular complexity index is 1170. The monoisotopic (exact) mass is 425 g/mol. The van der Waals surface area contributed by atoms with Crippen LogP contribution in [0, 0.1) is 6.92 Å². The van der Waals surface area contributed by atoms with Crippen molar-refractivity contribution in [1.29, 1.82) is 0 Å². The van der Waals surface area contributed by atoms with Gasteiger partial charge >= 0.3 is 6.03 Å². The number of aryl methyl sites for hydroxylation is 1. The number of aromatic nitrogens is 1. The molecule has 158 valence electrons. The highest BCUT2D eigenvalue weighted by Crippen LogP contribution is 2.34. The number of para-hydroxylation sites is 1. The molecule has 0 unspecified atom stereocenters. The summed E-state index contributed by atoms with van der Waals surface area (Å²) in [5.41, 5.74) is 4.02. The van der Waals surface area contributed by atoms with E-state index in [1.165, 1.54) is 12.3 Å². The first-order valence-corrected chi connectivity index (χ1v) is 11.4. The molecule has 0 saturated heterocycles. The first kappa shape index (κ1) is 21.8. The Morgan fingerprint density at radius 1 is 0.967 bits per heavy atom. The largest absolute Gasteiger partial charge is 0.333 e. The number of benzene rings is 2. The lowest BCUT2D eigenvalue weighted by Gasteiger charge is -2.21. The van der Waals surface area contributed by atoms with Gasteiger partial charge in [0.05, 0.1) is 5.52 Å². The summed E-state index contributed by atoms with van der Waals surface area (Å²) in [7, 11) is -4.11. The highest BCUT2D eigenvalue weighted by molar-refractivity contribution is 7.90. The first-order chi connectivity index (χ1) is 14.1. The standard InChI is InChI=1S/C23H27N3O3S/c1-14(2)18-12-16(5)13-19(15(3)4)22(18)25-23(27)26-30(28,29)20-10-6-8-17-9-7-11-24-21(17)20/h6-15H,1-5H3,(H2,25,26,27). The van der Waals surface area contributed by atoms with Crippen LogP contribution in [-0.4, -0.2) is 19.4 Å². The van der Waals surface area contributed by atoms with Crippen LogP contribution in [0.3, 0.4) is 0 Å². The zero-order valence-corrected chi connectivity index (χ0v) is 18.7. The van der Waals surface area contributed by atoms with E-state index in [1.54, 1.807) is 24.3 Å². The average Bonchev–Trinajstić information content (AvgIpc) is 2.67. The van der Waals surface area contributed by atoms with E-state index in [4.69, 9.17) is 0 Å². The van der Waals surface area contributed by atoms with Gasteiger partial charge in [-0.2, -0.15) is 0 Å². The van der Waals surface area contributed by atoms with Gasteiger partial charge in [-0.3, -0.25) is 4.98 Å². The third-order valence-electron chi connectivity index (χ3n) is 4.94. The molecule has 0 atom stereocenters. The summed E-state index contributed by atoms with van der Waals surface area (Å²) in [5.74, 6) is 0.327. The predicted molar refractivity (Wildman–Crippen MR) is 120 cm³/mol. The Morgan fingerprint density at radius 2 is 1.57 bits per heavy atom. The number of sulfonamides is 1. The number of nitrogens with zero attached hydrogens (tertiary/aromatic N) is 1. The van der Waals surface area contributed by atoms with E-state index in [0.29, 0.717) is 16.6 Å². The Morgan fingerprint density at radius 3 is 2.17 bits per heavy atom. The molecule has 2 amide bonds. The van der Waals surface area contributed by atoms with Gasteiger partial charge in [-0.05, 0) is 42.0 Å². The minimum Gasteiger partial charge on any atom is -0.307 e. The molecule has 2 aromatic carbocycles. The molecule has 6 nitrogen and oxygen atoms in total. The Balaban J connectivity index is 1.96. The highest BCUT2D eigenvalue weighted by Gasteiger charge is 2.23. The van der Waals surface area contributed by atoms with Gasteiger partial charge in [-0.25, -0.2) is 17.9 Å². The SMILES string of the molecule is Cc1cc(C(C)C)c(NC(=O)NS(=O)(=O)c2cccc3cccnc23)c(C(C)C)c1. The normalized spacial score (nSPS) is 11.8. The van der Waals surface area contributed by atoms with Crippen LogP contribution in [0.4, 0.5) is 10.5 Å². The van der Waals surface area contributed by atoms with Crippen LogP contribution in [-0.2, 0) is 10.0 Å². The van der Waals surface area contributed by atoms with Gasteiger partial charge in [-0.15, -0.1) is 0 Å². The van der Waals surface area contributed by atoms with Crippen molar-refractivity contribution < 1.29 is 13.2 Å². The van der Waals surface area contributed by atoms with E-state index in [-0.39, 0.29) is 16.7 Å². The second kappa shape index (κ2) is 8.44. The Hall–Kier alpha value is -2.93. The van der Waals surface area contributed by atoms with E-state index >= 15 is 0 Å². The van der Waals surface area contributed by atoms with Gasteiger partial charge in [-0.1, -0.05) is 63.6 Å². The molecule has 30 heavy (non-hydrogen) atoms. The lowest BCUT2D eigenvalue weighted by Crippen LogP contribution is -2.35. The molecule has 1 aromatic heterocycles. The predicted octanol–water partition coefficient (Wildman–Crippen LogP) is 5.30. The van der Waals surface area contributed by atoms with Crippen LogP contribution in [0.25, 0.3) is 10.9 Å². The van der Waals surface area contributed by atoms with E-state index in [9.17, 15) is 13.2 Å². The number of nitrogens with one attached hydrogen (secondary N) is 2. The van der Waals surface area contributed by atoms with Crippen LogP contribution in [0.15, 0.2) is 53.6 Å². The molecule has 0 fully saturated rings. The number of carbonyl (C=O) groups is 1. The molecule has 1 heterocycles. The molecule has 0 bridgehead atoms. The number of amides is 2. The molecule has 0 aliphatic rings. The zero-order valence-electron chi connectivity index (χ0n) is 17.9. The summed E-state index contributed by atoms with van der Waals surface area (Å²) in [6.07, 6.45) is 1.53. The highest BCUT2D eigenvalue weighted by atomic mass is 32.2. The van der Waals surface area contributed by atoms with Crippen LogP contribution < -0.4 is 10.0 Å². The van der Waals surface area contributed by atoms with Crippen LogP contribution in [0.1, 0.15) is 56.2 Å². The summed E-state index contributed by atoms with van der Waals surface area (Å²) in [4.78, 5) is 16.9. The number of fused-ring (bicyclic) bond motifs is 1. The molecule has 2 N–H and O–H groups in total. The van der Waals surface area contributed by atoms with Crippen molar-refractivity contribution in [3.05, 3.63) is 65.4 Å². The van der Waals surface area contributed by atoms with E-state index < -0.39 is 16.1 Å². The maximum atomic E-state index is 12.9. The number of urea groups is 1. The van der Waals surface area contributed by atoms with Crippen molar-refractivity contribution in [2.24, 2.45) is 0 Å². The number of anilines is 1. The molecule has 0 radical (unpaired) electrons. The molecule has 0 spiro atoms. The summed E-state index contributed by atoms with van der Waals surface area (Å²) < 4.78 is 28.0. The van der Waals surface area contributed by atoms with Crippen molar-refractivity contribution in [3.8, 4) is 0 Å². The minimum atomic E-state index is -4.11. The van der Waals surface area contributed by atoms with Gasteiger partial charge < -0.3 is 5.32 Å². The molecule has 3 aromatic rings. The number of rotatable bonds is 5. The van der Waals surface area contributed by atoms with Gasteiger partial charge in [0.2, 0.25) is 0 Å². The zero-order chi connectivity index (χ0) is 22.1. The summed E-state index contributed by atoms with van der Waals surface area (Å²) in [5, 5.41) is 3.48. The fraction of sp³-hybridized carbons (Fsp3) is 0.304. The maximum Gasteiger partial charge on any atom is 0.333 e. The number of hydrogen-bond donors (Lipinski definition) is 2.